The maximum atomic E-state index is 13.4. The number of carbonyl (C=O) groups is 3. The molecule has 2 unspecified atom stereocenters. The SMILES string of the molecule is CCC(NC(=O)C(CC(=O)N1CCOCC1)CS(=O)(=O)Cc1ccccc1)C(=O)c1nc(-c2ccccc2)no1. The van der Waals surface area contributed by atoms with Gasteiger partial charge in [-0.05, 0) is 12.0 Å². The maximum absolute atomic E-state index is 13.4. The van der Waals surface area contributed by atoms with Crippen LogP contribution in [0.15, 0.2) is 65.2 Å². The van der Waals surface area contributed by atoms with E-state index in [4.69, 9.17) is 9.26 Å². The third kappa shape index (κ3) is 7.82. The van der Waals surface area contributed by atoms with Crippen LogP contribution in [-0.2, 0) is 29.9 Å². The van der Waals surface area contributed by atoms with Crippen LogP contribution in [0.25, 0.3) is 11.4 Å². The third-order valence-electron chi connectivity index (χ3n) is 6.55. The molecule has 212 valence electrons. The van der Waals surface area contributed by atoms with Crippen molar-refractivity contribution in [3.05, 3.63) is 72.1 Å². The number of aromatic nitrogens is 2. The van der Waals surface area contributed by atoms with Crippen molar-refractivity contribution >= 4 is 27.4 Å². The Labute approximate surface area is 232 Å². The Bertz CT molecular complexity index is 1400. The topological polar surface area (TPSA) is 149 Å². The highest BCUT2D eigenvalue weighted by atomic mass is 32.2. The standard InChI is InChI=1S/C28H32N4O7S/c1-2-23(25(34)28-30-26(31-39-28)21-11-7-4-8-12-21)29-27(35)22(17-24(33)32-13-15-38-16-14-32)19-40(36,37)18-20-9-5-3-6-10-20/h3-12,22-23H,2,13-19H2,1H3,(H,29,35). The Balaban J connectivity index is 1.49. The maximum Gasteiger partial charge on any atom is 0.296 e. The molecule has 1 fully saturated rings. The second-order valence-corrected chi connectivity index (χ2v) is 11.7. The molecular formula is C28H32N4O7S. The van der Waals surface area contributed by atoms with E-state index in [2.05, 4.69) is 15.5 Å². The van der Waals surface area contributed by atoms with Crippen LogP contribution < -0.4 is 5.32 Å². The summed E-state index contributed by atoms with van der Waals surface area (Å²) >= 11 is 0. The number of amides is 2. The van der Waals surface area contributed by atoms with Crippen molar-refractivity contribution in [2.45, 2.75) is 31.6 Å². The molecule has 12 heteroatoms. The van der Waals surface area contributed by atoms with Gasteiger partial charge in [-0.15, -0.1) is 0 Å². The van der Waals surface area contributed by atoms with E-state index in [0.29, 0.717) is 37.4 Å². The van der Waals surface area contributed by atoms with E-state index in [-0.39, 0.29) is 36.2 Å². The van der Waals surface area contributed by atoms with Gasteiger partial charge in [0.2, 0.25) is 23.4 Å². The number of morpholine rings is 1. The predicted octanol–water partition coefficient (Wildman–Crippen LogP) is 2.29. The predicted molar refractivity (Wildman–Crippen MR) is 146 cm³/mol. The number of carbonyl (C=O) groups excluding carboxylic acids is 3. The highest BCUT2D eigenvalue weighted by molar-refractivity contribution is 7.90. The zero-order chi connectivity index (χ0) is 28.5. The lowest BCUT2D eigenvalue weighted by atomic mass is 10.0. The second kappa shape index (κ2) is 13.4. The smallest absolute Gasteiger partial charge is 0.296 e. The number of nitrogens with zero attached hydrogens (tertiary/aromatic N) is 3. The average molecular weight is 569 g/mol. The lowest BCUT2D eigenvalue weighted by Crippen LogP contribution is -2.47. The van der Waals surface area contributed by atoms with Gasteiger partial charge in [-0.2, -0.15) is 4.98 Å². The summed E-state index contributed by atoms with van der Waals surface area (Å²) in [6, 6.07) is 16.5. The monoisotopic (exact) mass is 568 g/mol. The van der Waals surface area contributed by atoms with Gasteiger partial charge in [-0.3, -0.25) is 14.4 Å². The van der Waals surface area contributed by atoms with E-state index < -0.39 is 39.2 Å². The molecule has 0 saturated carbocycles. The van der Waals surface area contributed by atoms with E-state index in [0.717, 1.165) is 0 Å². The number of Topliss-reactive ketones (excluding diaryl/α,β-unsaturated/α-hetero) is 1. The van der Waals surface area contributed by atoms with E-state index in [1.54, 1.807) is 66.4 Å². The van der Waals surface area contributed by atoms with Crippen molar-refractivity contribution in [1.82, 2.24) is 20.4 Å². The van der Waals surface area contributed by atoms with Gasteiger partial charge >= 0.3 is 0 Å². The summed E-state index contributed by atoms with van der Waals surface area (Å²) in [5.74, 6) is -3.72. The van der Waals surface area contributed by atoms with Gasteiger partial charge in [0.05, 0.1) is 36.7 Å². The molecule has 0 aliphatic carbocycles. The minimum atomic E-state index is -3.78. The first-order valence-electron chi connectivity index (χ1n) is 13.1. The first-order chi connectivity index (χ1) is 19.3. The number of sulfone groups is 1. The van der Waals surface area contributed by atoms with Crippen LogP contribution in [0.1, 0.15) is 36.0 Å². The molecule has 1 aliphatic heterocycles. The molecule has 4 rings (SSSR count). The molecule has 1 saturated heterocycles. The largest absolute Gasteiger partial charge is 0.378 e. The zero-order valence-corrected chi connectivity index (χ0v) is 23.0. The molecular weight excluding hydrogens is 536 g/mol. The van der Waals surface area contributed by atoms with Crippen LogP contribution in [0, 0.1) is 5.92 Å². The number of hydrogen-bond acceptors (Lipinski definition) is 9. The molecule has 0 radical (unpaired) electrons. The fraction of sp³-hybridized carbons (Fsp3) is 0.393. The molecule has 2 atom stereocenters. The van der Waals surface area contributed by atoms with Crippen molar-refractivity contribution < 1.29 is 32.1 Å². The molecule has 0 spiro atoms. The van der Waals surface area contributed by atoms with Crippen molar-refractivity contribution in [1.29, 1.82) is 0 Å². The molecule has 11 nitrogen and oxygen atoms in total. The Hall–Kier alpha value is -3.90. The fourth-order valence-electron chi connectivity index (χ4n) is 4.39. The first kappa shape index (κ1) is 29.1. The van der Waals surface area contributed by atoms with Gasteiger partial charge in [0.25, 0.3) is 5.89 Å². The quantitative estimate of drug-likeness (QED) is 0.325. The molecule has 40 heavy (non-hydrogen) atoms. The molecule has 1 N–H and O–H groups in total. The second-order valence-electron chi connectivity index (χ2n) is 9.56. The highest BCUT2D eigenvalue weighted by Crippen LogP contribution is 2.18. The zero-order valence-electron chi connectivity index (χ0n) is 22.2. The van der Waals surface area contributed by atoms with Crippen molar-refractivity contribution in [2.75, 3.05) is 32.1 Å². The van der Waals surface area contributed by atoms with Crippen molar-refractivity contribution in [3.8, 4) is 11.4 Å². The van der Waals surface area contributed by atoms with Gasteiger partial charge < -0.3 is 19.5 Å². The average Bonchev–Trinajstić information content (AvgIpc) is 3.47. The Morgan fingerprint density at radius 3 is 2.30 bits per heavy atom. The van der Waals surface area contributed by atoms with Crippen molar-refractivity contribution in [2.24, 2.45) is 5.92 Å². The summed E-state index contributed by atoms with van der Waals surface area (Å²) < 4.78 is 36.6. The molecule has 2 heterocycles. The molecule has 1 aromatic heterocycles. The molecule has 2 amide bonds. The number of ketones is 1. The van der Waals surface area contributed by atoms with E-state index in [9.17, 15) is 22.8 Å². The van der Waals surface area contributed by atoms with Crippen LogP contribution in [0.4, 0.5) is 0 Å². The lowest BCUT2D eigenvalue weighted by molar-refractivity contribution is -0.139. The molecule has 0 bridgehead atoms. The van der Waals surface area contributed by atoms with Gasteiger partial charge in [-0.25, -0.2) is 8.42 Å². The van der Waals surface area contributed by atoms with Crippen LogP contribution in [0.5, 0.6) is 0 Å². The number of rotatable bonds is 12. The van der Waals surface area contributed by atoms with Crippen LogP contribution in [-0.4, -0.2) is 79.2 Å². The normalized spacial score (nSPS) is 15.3. The summed E-state index contributed by atoms with van der Waals surface area (Å²) in [4.78, 5) is 45.3. The van der Waals surface area contributed by atoms with Crippen LogP contribution in [0.2, 0.25) is 0 Å². The Morgan fingerprint density at radius 1 is 1.00 bits per heavy atom. The van der Waals surface area contributed by atoms with Gasteiger partial charge in [0.1, 0.15) is 0 Å². The van der Waals surface area contributed by atoms with E-state index >= 15 is 0 Å². The number of hydrogen-bond donors (Lipinski definition) is 1. The van der Waals surface area contributed by atoms with Gasteiger partial charge in [0, 0.05) is 25.1 Å². The van der Waals surface area contributed by atoms with E-state index in [1.807, 2.05) is 6.07 Å². The summed E-state index contributed by atoms with van der Waals surface area (Å²) in [5.41, 5.74) is 1.24. The van der Waals surface area contributed by atoms with Gasteiger partial charge in [-0.1, -0.05) is 72.7 Å². The van der Waals surface area contributed by atoms with Crippen molar-refractivity contribution in [3.63, 3.8) is 0 Å². The number of benzene rings is 2. The van der Waals surface area contributed by atoms with Crippen LogP contribution >= 0.6 is 0 Å². The Morgan fingerprint density at radius 2 is 1.65 bits per heavy atom. The third-order valence-corrected chi connectivity index (χ3v) is 8.23. The minimum Gasteiger partial charge on any atom is -0.378 e. The highest BCUT2D eigenvalue weighted by Gasteiger charge is 2.33. The summed E-state index contributed by atoms with van der Waals surface area (Å²) in [6.45, 7) is 3.16. The number of ether oxygens (including phenoxy) is 1. The lowest BCUT2D eigenvalue weighted by Gasteiger charge is -2.28. The molecule has 1 aliphatic rings. The molecule has 2 aromatic carbocycles. The minimum absolute atomic E-state index is 0.189. The summed E-state index contributed by atoms with van der Waals surface area (Å²) in [6.07, 6.45) is -0.127. The van der Waals surface area contributed by atoms with E-state index in [1.165, 1.54) is 0 Å². The first-order valence-corrected chi connectivity index (χ1v) is 14.9. The summed E-state index contributed by atoms with van der Waals surface area (Å²) in [7, 11) is -3.78. The molecule has 3 aromatic rings. The van der Waals surface area contributed by atoms with Crippen LogP contribution in [0.3, 0.4) is 0 Å². The summed E-state index contributed by atoms with van der Waals surface area (Å²) in [5, 5.41) is 6.49. The Kier molecular flexibility index (Phi) is 9.78. The number of nitrogens with one attached hydrogen (secondary N) is 1. The fourth-order valence-corrected chi connectivity index (χ4v) is 6.09. The van der Waals surface area contributed by atoms with Gasteiger partial charge in [0.15, 0.2) is 9.84 Å².